The van der Waals surface area contributed by atoms with E-state index < -0.39 is 11.8 Å². The van der Waals surface area contributed by atoms with Crippen molar-refractivity contribution in [2.75, 3.05) is 11.9 Å². The van der Waals surface area contributed by atoms with Crippen LogP contribution >= 0.6 is 0 Å². The summed E-state index contributed by atoms with van der Waals surface area (Å²) in [6, 6.07) is 4.42. The Morgan fingerprint density at radius 1 is 1.53 bits per heavy atom. The summed E-state index contributed by atoms with van der Waals surface area (Å²) >= 11 is 0. The summed E-state index contributed by atoms with van der Waals surface area (Å²) in [5.41, 5.74) is 7.18. The summed E-state index contributed by atoms with van der Waals surface area (Å²) in [7, 11) is 1.63. The Bertz CT molecular complexity index is 612. The maximum Gasteiger partial charge on any atom is 0.417 e. The van der Waals surface area contributed by atoms with Gasteiger partial charge in [-0.25, -0.2) is 4.79 Å². The number of amides is 1. The van der Waals surface area contributed by atoms with Crippen LogP contribution in [0.3, 0.4) is 0 Å². The first kappa shape index (κ1) is 11.4. The molecule has 0 radical (unpaired) electrons. The molecular weight excluding hydrogens is 222 g/mol. The molecule has 1 heterocycles. The predicted molar refractivity (Wildman–Crippen MR) is 63.9 cm³/mol. The second-order valence-corrected chi connectivity index (χ2v) is 3.88. The molecule has 1 atom stereocenters. The molecule has 3 N–H and O–H groups in total. The van der Waals surface area contributed by atoms with Crippen molar-refractivity contribution in [3.05, 3.63) is 28.7 Å². The number of likely N-dealkylation sites (N-methyl/N-ethyl adjacent to an activating group) is 1. The van der Waals surface area contributed by atoms with Gasteiger partial charge in [-0.05, 0) is 25.1 Å². The standard InChI is InChI=1S/C11H13N3O3/c1-6(12)10(15)14(2)7-3-4-9-8(5-7)13-11(16)17-9/h3-6H,12H2,1-2H3,(H,13,16). The molecule has 0 bridgehead atoms. The van der Waals surface area contributed by atoms with Crippen molar-refractivity contribution >= 4 is 22.7 Å². The average Bonchev–Trinajstić information content (AvgIpc) is 2.65. The van der Waals surface area contributed by atoms with E-state index in [2.05, 4.69) is 4.98 Å². The molecule has 6 heteroatoms. The second-order valence-electron chi connectivity index (χ2n) is 3.88. The maximum absolute atomic E-state index is 11.7. The van der Waals surface area contributed by atoms with E-state index >= 15 is 0 Å². The lowest BCUT2D eigenvalue weighted by Crippen LogP contribution is -2.39. The van der Waals surface area contributed by atoms with Gasteiger partial charge < -0.3 is 15.1 Å². The summed E-state index contributed by atoms with van der Waals surface area (Å²) in [4.78, 5) is 26.6. The molecule has 0 aliphatic carbocycles. The molecule has 0 saturated heterocycles. The first-order valence-corrected chi connectivity index (χ1v) is 5.15. The van der Waals surface area contributed by atoms with E-state index in [1.165, 1.54) is 4.90 Å². The topological polar surface area (TPSA) is 92.3 Å². The van der Waals surface area contributed by atoms with Gasteiger partial charge in [-0.2, -0.15) is 0 Å². The zero-order valence-electron chi connectivity index (χ0n) is 9.56. The van der Waals surface area contributed by atoms with Crippen LogP contribution in [-0.2, 0) is 4.79 Å². The number of hydrogen-bond acceptors (Lipinski definition) is 4. The highest BCUT2D eigenvalue weighted by molar-refractivity contribution is 5.97. The van der Waals surface area contributed by atoms with Crippen molar-refractivity contribution in [1.82, 2.24) is 4.98 Å². The Balaban J connectivity index is 2.42. The van der Waals surface area contributed by atoms with Gasteiger partial charge in [0.1, 0.15) is 0 Å². The zero-order valence-corrected chi connectivity index (χ0v) is 9.56. The Morgan fingerprint density at radius 3 is 2.88 bits per heavy atom. The van der Waals surface area contributed by atoms with Gasteiger partial charge in [-0.1, -0.05) is 0 Å². The smallest absolute Gasteiger partial charge is 0.408 e. The van der Waals surface area contributed by atoms with E-state index in [1.54, 1.807) is 32.2 Å². The number of rotatable bonds is 2. The molecule has 1 aromatic heterocycles. The van der Waals surface area contributed by atoms with Crippen LogP contribution < -0.4 is 16.4 Å². The number of carbonyl (C=O) groups is 1. The van der Waals surface area contributed by atoms with Crippen LogP contribution in [0, 0.1) is 0 Å². The molecule has 1 aromatic carbocycles. The fourth-order valence-electron chi connectivity index (χ4n) is 1.58. The van der Waals surface area contributed by atoms with Crippen LogP contribution in [0.25, 0.3) is 11.1 Å². The number of fused-ring (bicyclic) bond motifs is 1. The molecular formula is C11H13N3O3. The first-order chi connectivity index (χ1) is 7.99. The third-order valence-corrected chi connectivity index (χ3v) is 2.51. The summed E-state index contributed by atoms with van der Waals surface area (Å²) in [5, 5.41) is 0. The largest absolute Gasteiger partial charge is 0.417 e. The van der Waals surface area contributed by atoms with Crippen LogP contribution in [0.4, 0.5) is 5.69 Å². The van der Waals surface area contributed by atoms with E-state index in [4.69, 9.17) is 10.2 Å². The minimum Gasteiger partial charge on any atom is -0.408 e. The molecule has 0 saturated carbocycles. The lowest BCUT2D eigenvalue weighted by Gasteiger charge is -2.19. The number of anilines is 1. The van der Waals surface area contributed by atoms with Crippen molar-refractivity contribution in [3.63, 3.8) is 0 Å². The normalized spacial score (nSPS) is 12.6. The van der Waals surface area contributed by atoms with E-state index in [9.17, 15) is 9.59 Å². The third-order valence-electron chi connectivity index (χ3n) is 2.51. The number of aromatic nitrogens is 1. The number of H-pyrrole nitrogens is 1. The van der Waals surface area contributed by atoms with Crippen molar-refractivity contribution in [2.45, 2.75) is 13.0 Å². The second kappa shape index (κ2) is 4.06. The Morgan fingerprint density at radius 2 is 2.24 bits per heavy atom. The van der Waals surface area contributed by atoms with E-state index in [0.29, 0.717) is 16.8 Å². The summed E-state index contributed by atoms with van der Waals surface area (Å²) in [6.45, 7) is 1.62. The van der Waals surface area contributed by atoms with Crippen LogP contribution in [-0.4, -0.2) is 24.0 Å². The Hall–Kier alpha value is -2.08. The van der Waals surface area contributed by atoms with Crippen LogP contribution in [0.2, 0.25) is 0 Å². The first-order valence-electron chi connectivity index (χ1n) is 5.15. The molecule has 2 aromatic rings. The van der Waals surface area contributed by atoms with Crippen molar-refractivity contribution in [2.24, 2.45) is 5.73 Å². The fourth-order valence-corrected chi connectivity index (χ4v) is 1.58. The van der Waals surface area contributed by atoms with Crippen LogP contribution in [0.15, 0.2) is 27.4 Å². The van der Waals surface area contributed by atoms with Crippen molar-refractivity contribution in [3.8, 4) is 0 Å². The minimum absolute atomic E-state index is 0.199. The number of nitrogens with two attached hydrogens (primary N) is 1. The van der Waals surface area contributed by atoms with Gasteiger partial charge in [-0.15, -0.1) is 0 Å². The minimum atomic E-state index is -0.570. The summed E-state index contributed by atoms with van der Waals surface area (Å²) in [6.07, 6.45) is 0. The molecule has 17 heavy (non-hydrogen) atoms. The number of carbonyl (C=O) groups excluding carboxylic acids is 1. The SMILES string of the molecule is CC(N)C(=O)N(C)c1ccc2oc(=O)[nH]c2c1. The van der Waals surface area contributed by atoms with Gasteiger partial charge in [0.25, 0.3) is 0 Å². The molecule has 90 valence electrons. The number of oxazole rings is 1. The summed E-state index contributed by atoms with van der Waals surface area (Å²) in [5.74, 6) is -0.714. The average molecular weight is 235 g/mol. The Kier molecular flexibility index (Phi) is 2.72. The quantitative estimate of drug-likeness (QED) is 0.789. The molecule has 0 aliphatic rings. The van der Waals surface area contributed by atoms with Gasteiger partial charge in [-0.3, -0.25) is 9.78 Å². The number of nitrogens with one attached hydrogen (secondary N) is 1. The highest BCUT2D eigenvalue weighted by Crippen LogP contribution is 2.19. The molecule has 0 spiro atoms. The van der Waals surface area contributed by atoms with Gasteiger partial charge in [0, 0.05) is 12.7 Å². The van der Waals surface area contributed by atoms with Gasteiger partial charge in [0.05, 0.1) is 11.6 Å². The number of aromatic amines is 1. The third kappa shape index (κ3) is 2.07. The molecule has 1 unspecified atom stereocenters. The highest BCUT2D eigenvalue weighted by Gasteiger charge is 2.15. The van der Waals surface area contributed by atoms with Crippen molar-refractivity contribution in [1.29, 1.82) is 0 Å². The molecule has 0 aliphatic heterocycles. The molecule has 2 rings (SSSR count). The van der Waals surface area contributed by atoms with Crippen molar-refractivity contribution < 1.29 is 9.21 Å². The molecule has 0 fully saturated rings. The maximum atomic E-state index is 11.7. The summed E-state index contributed by atoms with van der Waals surface area (Å²) < 4.78 is 4.87. The number of benzene rings is 1. The van der Waals surface area contributed by atoms with Gasteiger partial charge in [0.15, 0.2) is 5.58 Å². The highest BCUT2D eigenvalue weighted by atomic mass is 16.4. The van der Waals surface area contributed by atoms with E-state index in [-0.39, 0.29) is 5.91 Å². The Labute approximate surface area is 97.0 Å². The molecule has 6 nitrogen and oxygen atoms in total. The lowest BCUT2D eigenvalue weighted by atomic mass is 10.2. The fraction of sp³-hybridized carbons (Fsp3) is 0.273. The number of nitrogens with zero attached hydrogens (tertiary/aromatic N) is 1. The lowest BCUT2D eigenvalue weighted by molar-refractivity contribution is -0.119. The zero-order chi connectivity index (χ0) is 12.6. The van der Waals surface area contributed by atoms with Gasteiger partial charge >= 0.3 is 5.76 Å². The van der Waals surface area contributed by atoms with Crippen LogP contribution in [0.1, 0.15) is 6.92 Å². The molecule has 1 amide bonds. The van der Waals surface area contributed by atoms with Crippen LogP contribution in [0.5, 0.6) is 0 Å². The predicted octanol–water partition coefficient (Wildman–Crippen LogP) is 0.431. The monoisotopic (exact) mass is 235 g/mol. The van der Waals surface area contributed by atoms with Gasteiger partial charge in [0.2, 0.25) is 5.91 Å². The number of hydrogen-bond donors (Lipinski definition) is 2. The van der Waals surface area contributed by atoms with E-state index in [1.807, 2.05) is 0 Å². The van der Waals surface area contributed by atoms with E-state index in [0.717, 1.165) is 0 Å².